The summed E-state index contributed by atoms with van der Waals surface area (Å²) in [6, 6.07) is 12.6. The van der Waals surface area contributed by atoms with Crippen molar-refractivity contribution in [2.24, 2.45) is 0 Å². The number of hydrogen-bond acceptors (Lipinski definition) is 2. The average molecular weight is 340 g/mol. The lowest BCUT2D eigenvalue weighted by atomic mass is 10.0. The van der Waals surface area contributed by atoms with Crippen LogP contribution in [0.5, 0.6) is 5.75 Å². The van der Waals surface area contributed by atoms with Crippen LogP contribution >= 0.6 is 27.5 Å². The van der Waals surface area contributed by atoms with E-state index in [9.17, 15) is 4.79 Å². The number of ketones is 1. The molecular weight excluding hydrogens is 328 g/mol. The molecule has 0 saturated heterocycles. The first-order valence-corrected chi connectivity index (χ1v) is 6.88. The van der Waals surface area contributed by atoms with Crippen molar-refractivity contribution in [3.05, 3.63) is 63.1 Å². The number of halogens is 2. The molecule has 4 heteroatoms. The average Bonchev–Trinajstić information content (AvgIpc) is 2.38. The Labute approximate surface area is 125 Å². The van der Waals surface area contributed by atoms with Crippen molar-refractivity contribution < 1.29 is 9.53 Å². The monoisotopic (exact) mass is 338 g/mol. The van der Waals surface area contributed by atoms with Gasteiger partial charge in [0.2, 0.25) is 0 Å². The van der Waals surface area contributed by atoms with E-state index < -0.39 is 0 Å². The molecule has 0 saturated carbocycles. The molecule has 0 unspecified atom stereocenters. The maximum absolute atomic E-state index is 12.2. The van der Waals surface area contributed by atoms with Gasteiger partial charge in [-0.3, -0.25) is 4.79 Å². The van der Waals surface area contributed by atoms with E-state index >= 15 is 0 Å². The predicted octanol–water partition coefficient (Wildman–Crippen LogP) is 4.54. The largest absolute Gasteiger partial charge is 0.497 e. The fourth-order valence-electron chi connectivity index (χ4n) is 1.78. The summed E-state index contributed by atoms with van der Waals surface area (Å²) in [6.45, 7) is 0. The number of hydrogen-bond donors (Lipinski definition) is 0. The highest BCUT2D eigenvalue weighted by Gasteiger charge is 2.11. The lowest BCUT2D eigenvalue weighted by Crippen LogP contribution is -2.04. The molecule has 0 aliphatic carbocycles. The summed E-state index contributed by atoms with van der Waals surface area (Å²) in [5.74, 6) is 0.753. The number of ether oxygens (including phenoxy) is 1. The van der Waals surface area contributed by atoms with E-state index in [4.69, 9.17) is 16.3 Å². The first-order chi connectivity index (χ1) is 9.10. The third-order valence-corrected chi connectivity index (χ3v) is 3.62. The Morgan fingerprint density at radius 1 is 1.26 bits per heavy atom. The molecule has 0 amide bonds. The molecule has 0 atom stereocenters. The summed E-state index contributed by atoms with van der Waals surface area (Å²) >= 11 is 9.30. The van der Waals surface area contributed by atoms with Crippen molar-refractivity contribution in [3.8, 4) is 5.75 Å². The SMILES string of the molecule is COc1ccc(C(=O)Cc2cccc(Cl)c2)c(Br)c1. The minimum Gasteiger partial charge on any atom is -0.497 e. The van der Waals surface area contributed by atoms with Crippen molar-refractivity contribution in [1.82, 2.24) is 0 Å². The molecule has 0 spiro atoms. The molecule has 0 heterocycles. The van der Waals surface area contributed by atoms with E-state index in [1.807, 2.05) is 12.1 Å². The van der Waals surface area contributed by atoms with Crippen molar-refractivity contribution in [2.75, 3.05) is 7.11 Å². The molecule has 0 aromatic heterocycles. The first kappa shape index (κ1) is 14.1. The summed E-state index contributed by atoms with van der Waals surface area (Å²) in [5, 5.41) is 0.638. The van der Waals surface area contributed by atoms with Gasteiger partial charge in [-0.15, -0.1) is 0 Å². The molecule has 0 aliphatic heterocycles. The van der Waals surface area contributed by atoms with Gasteiger partial charge in [0.05, 0.1) is 7.11 Å². The molecule has 0 fully saturated rings. The number of Topliss-reactive ketones (excluding diaryl/α,β-unsaturated/α-hetero) is 1. The highest BCUT2D eigenvalue weighted by atomic mass is 79.9. The Balaban J connectivity index is 2.20. The second kappa shape index (κ2) is 6.22. The van der Waals surface area contributed by atoms with Crippen LogP contribution in [0.25, 0.3) is 0 Å². The van der Waals surface area contributed by atoms with Gasteiger partial charge >= 0.3 is 0 Å². The summed E-state index contributed by atoms with van der Waals surface area (Å²) in [6.07, 6.45) is 0.325. The van der Waals surface area contributed by atoms with E-state index in [2.05, 4.69) is 15.9 Å². The minimum absolute atomic E-state index is 0.0387. The first-order valence-electron chi connectivity index (χ1n) is 5.71. The quantitative estimate of drug-likeness (QED) is 0.765. The number of carbonyl (C=O) groups excluding carboxylic acids is 1. The zero-order valence-electron chi connectivity index (χ0n) is 10.3. The van der Waals surface area contributed by atoms with E-state index in [0.717, 1.165) is 10.0 Å². The van der Waals surface area contributed by atoms with Crippen molar-refractivity contribution >= 4 is 33.3 Å². The number of methoxy groups -OCH3 is 1. The number of carbonyl (C=O) groups is 1. The van der Waals surface area contributed by atoms with Gasteiger partial charge in [-0.2, -0.15) is 0 Å². The lowest BCUT2D eigenvalue weighted by molar-refractivity contribution is 0.0992. The topological polar surface area (TPSA) is 26.3 Å². The third kappa shape index (κ3) is 3.58. The van der Waals surface area contributed by atoms with Crippen molar-refractivity contribution in [2.45, 2.75) is 6.42 Å². The van der Waals surface area contributed by atoms with Crippen LogP contribution in [0.15, 0.2) is 46.9 Å². The zero-order valence-corrected chi connectivity index (χ0v) is 12.7. The molecule has 0 aliphatic rings. The van der Waals surface area contributed by atoms with Gasteiger partial charge in [0.15, 0.2) is 5.78 Å². The van der Waals surface area contributed by atoms with Crippen LogP contribution in [0.3, 0.4) is 0 Å². The Morgan fingerprint density at radius 2 is 2.05 bits per heavy atom. The lowest BCUT2D eigenvalue weighted by Gasteiger charge is -2.06. The standard InChI is InChI=1S/C15H12BrClO2/c1-19-12-5-6-13(14(16)9-12)15(18)8-10-3-2-4-11(17)7-10/h2-7,9H,8H2,1H3. The molecule has 0 radical (unpaired) electrons. The molecule has 0 bridgehead atoms. The summed E-state index contributed by atoms with van der Waals surface area (Å²) in [7, 11) is 1.59. The van der Waals surface area contributed by atoms with Gasteiger partial charge in [0, 0.05) is 21.5 Å². The van der Waals surface area contributed by atoms with Crippen LogP contribution < -0.4 is 4.74 Å². The second-order valence-electron chi connectivity index (χ2n) is 4.08. The summed E-state index contributed by atoms with van der Waals surface area (Å²) < 4.78 is 5.84. The van der Waals surface area contributed by atoms with Crippen LogP contribution in [0.2, 0.25) is 5.02 Å². The maximum atomic E-state index is 12.2. The van der Waals surface area contributed by atoms with Gasteiger partial charge in [-0.1, -0.05) is 23.7 Å². The fourth-order valence-corrected chi connectivity index (χ4v) is 2.57. The Morgan fingerprint density at radius 3 is 2.68 bits per heavy atom. The summed E-state index contributed by atoms with van der Waals surface area (Å²) in [4.78, 5) is 12.2. The number of rotatable bonds is 4. The van der Waals surface area contributed by atoms with E-state index in [1.54, 1.807) is 37.4 Å². The fraction of sp³-hybridized carbons (Fsp3) is 0.133. The molecule has 2 nitrogen and oxygen atoms in total. The predicted molar refractivity (Wildman–Crippen MR) is 80.2 cm³/mol. The normalized spacial score (nSPS) is 10.3. The Kier molecular flexibility index (Phi) is 4.61. The van der Waals surface area contributed by atoms with Gasteiger partial charge in [0.25, 0.3) is 0 Å². The van der Waals surface area contributed by atoms with Gasteiger partial charge in [-0.25, -0.2) is 0 Å². The van der Waals surface area contributed by atoms with Crippen LogP contribution in [0.4, 0.5) is 0 Å². The molecule has 19 heavy (non-hydrogen) atoms. The highest BCUT2D eigenvalue weighted by Crippen LogP contribution is 2.24. The number of benzene rings is 2. The molecule has 0 N–H and O–H groups in total. The van der Waals surface area contributed by atoms with Crippen LogP contribution in [0, 0.1) is 0 Å². The van der Waals surface area contributed by atoms with E-state index in [-0.39, 0.29) is 5.78 Å². The van der Waals surface area contributed by atoms with Crippen molar-refractivity contribution in [3.63, 3.8) is 0 Å². The highest BCUT2D eigenvalue weighted by molar-refractivity contribution is 9.10. The third-order valence-electron chi connectivity index (χ3n) is 2.73. The zero-order chi connectivity index (χ0) is 13.8. The van der Waals surface area contributed by atoms with Gasteiger partial charge < -0.3 is 4.74 Å². The Hall–Kier alpha value is -1.32. The molecule has 98 valence electrons. The van der Waals surface area contributed by atoms with E-state index in [1.165, 1.54) is 0 Å². The molecule has 2 rings (SSSR count). The smallest absolute Gasteiger partial charge is 0.168 e. The molecule has 2 aromatic carbocycles. The van der Waals surface area contributed by atoms with Gasteiger partial charge in [0.1, 0.15) is 5.75 Å². The van der Waals surface area contributed by atoms with Crippen molar-refractivity contribution in [1.29, 1.82) is 0 Å². The molecular formula is C15H12BrClO2. The van der Waals surface area contributed by atoms with Crippen LogP contribution in [0.1, 0.15) is 15.9 Å². The van der Waals surface area contributed by atoms with Crippen LogP contribution in [-0.2, 0) is 6.42 Å². The second-order valence-corrected chi connectivity index (χ2v) is 5.37. The maximum Gasteiger partial charge on any atom is 0.168 e. The van der Waals surface area contributed by atoms with E-state index in [0.29, 0.717) is 22.8 Å². The molecule has 2 aromatic rings. The Bertz CT molecular complexity index is 611. The minimum atomic E-state index is 0.0387. The van der Waals surface area contributed by atoms with Crippen LogP contribution in [-0.4, -0.2) is 12.9 Å². The summed E-state index contributed by atoms with van der Waals surface area (Å²) in [5.41, 5.74) is 1.54. The van der Waals surface area contributed by atoms with Gasteiger partial charge in [-0.05, 0) is 51.8 Å².